The second-order valence-corrected chi connectivity index (χ2v) is 5.00. The molecule has 1 aromatic carbocycles. The number of para-hydroxylation sites is 1. The predicted octanol–water partition coefficient (Wildman–Crippen LogP) is 2.86. The third-order valence-electron chi connectivity index (χ3n) is 1.79. The zero-order chi connectivity index (χ0) is 10.1. The summed E-state index contributed by atoms with van der Waals surface area (Å²) in [7, 11) is 0. The Bertz CT molecular complexity index is 470. The van der Waals surface area contributed by atoms with Crippen molar-refractivity contribution in [2.24, 2.45) is 0 Å². The number of hydrogen-bond acceptors (Lipinski definition) is 4. The van der Waals surface area contributed by atoms with Crippen molar-refractivity contribution in [1.29, 1.82) is 0 Å². The number of nitrogens with two attached hydrogens (primary N) is 1. The van der Waals surface area contributed by atoms with Crippen LogP contribution >= 0.6 is 27.3 Å². The first kappa shape index (κ1) is 9.48. The molecule has 2 rings (SSSR count). The molecule has 3 N–H and O–H groups in total. The highest BCUT2D eigenvalue weighted by Gasteiger charge is 2.11. The molecule has 0 saturated carbocycles. The highest BCUT2D eigenvalue weighted by atomic mass is 79.9. The number of aromatic nitrogens is 1. The topological polar surface area (TPSA) is 59.1 Å². The van der Waals surface area contributed by atoms with Crippen LogP contribution in [0.25, 0.3) is 11.3 Å². The van der Waals surface area contributed by atoms with Crippen LogP contribution in [0.15, 0.2) is 28.2 Å². The van der Waals surface area contributed by atoms with Crippen LogP contribution in [0.3, 0.4) is 0 Å². The van der Waals surface area contributed by atoms with Gasteiger partial charge in [-0.2, -0.15) is 0 Å². The number of thiazole rings is 1. The monoisotopic (exact) mass is 270 g/mol. The fourth-order valence-electron chi connectivity index (χ4n) is 1.17. The Hall–Kier alpha value is -1.07. The fourth-order valence-corrected chi connectivity index (χ4v) is 2.44. The molecule has 0 atom stereocenters. The predicted molar refractivity (Wildman–Crippen MR) is 61.3 cm³/mol. The van der Waals surface area contributed by atoms with Gasteiger partial charge in [-0.25, -0.2) is 4.98 Å². The Balaban J connectivity index is 2.60. The van der Waals surface area contributed by atoms with E-state index >= 15 is 0 Å². The molecular weight excluding hydrogens is 264 g/mol. The minimum absolute atomic E-state index is 0.192. The summed E-state index contributed by atoms with van der Waals surface area (Å²) in [4.78, 5) is 4.19. The van der Waals surface area contributed by atoms with Gasteiger partial charge in [-0.1, -0.05) is 23.5 Å². The third-order valence-corrected chi connectivity index (χ3v) is 3.12. The van der Waals surface area contributed by atoms with E-state index in [1.165, 1.54) is 11.3 Å². The van der Waals surface area contributed by atoms with E-state index < -0.39 is 0 Å². The summed E-state index contributed by atoms with van der Waals surface area (Å²) < 4.78 is 0.716. The lowest BCUT2D eigenvalue weighted by Crippen LogP contribution is -1.85. The number of nitrogen functional groups attached to an aromatic ring is 1. The number of phenolic OH excluding ortho intramolecular Hbond substituents is 1. The van der Waals surface area contributed by atoms with Gasteiger partial charge in [0.1, 0.15) is 16.4 Å². The molecule has 0 saturated heterocycles. The SMILES string of the molecule is Nc1sc(Br)nc1-c1ccccc1O. The van der Waals surface area contributed by atoms with Gasteiger partial charge in [-0.3, -0.25) is 0 Å². The minimum Gasteiger partial charge on any atom is -0.507 e. The van der Waals surface area contributed by atoms with Gasteiger partial charge in [0.05, 0.1) is 0 Å². The standard InChI is InChI=1S/C9H7BrN2OS/c10-9-12-7(8(11)14-9)5-3-1-2-4-6(5)13/h1-4,13H,11H2. The number of rotatable bonds is 1. The molecule has 1 aromatic heterocycles. The summed E-state index contributed by atoms with van der Waals surface area (Å²) in [6.45, 7) is 0. The molecule has 0 radical (unpaired) electrons. The first-order chi connectivity index (χ1) is 6.68. The van der Waals surface area contributed by atoms with Crippen molar-refractivity contribution >= 4 is 32.3 Å². The van der Waals surface area contributed by atoms with E-state index in [4.69, 9.17) is 5.73 Å². The molecule has 0 aliphatic heterocycles. The van der Waals surface area contributed by atoms with Crippen LogP contribution in [-0.4, -0.2) is 10.1 Å². The van der Waals surface area contributed by atoms with Crippen LogP contribution < -0.4 is 5.73 Å². The van der Waals surface area contributed by atoms with E-state index in [1.54, 1.807) is 18.2 Å². The third kappa shape index (κ3) is 1.60. The summed E-state index contributed by atoms with van der Waals surface area (Å²) in [5.74, 6) is 0.192. The highest BCUT2D eigenvalue weighted by molar-refractivity contribution is 9.11. The fraction of sp³-hybridized carbons (Fsp3) is 0. The average Bonchev–Trinajstić information content (AvgIpc) is 2.46. The lowest BCUT2D eigenvalue weighted by Gasteiger charge is -2.00. The molecule has 0 spiro atoms. The number of benzene rings is 1. The maximum atomic E-state index is 9.59. The molecular formula is C9H7BrN2OS. The van der Waals surface area contributed by atoms with E-state index in [0.29, 0.717) is 20.2 Å². The second-order valence-electron chi connectivity index (χ2n) is 2.70. The molecule has 0 unspecified atom stereocenters. The highest BCUT2D eigenvalue weighted by Crippen LogP contribution is 2.37. The van der Waals surface area contributed by atoms with E-state index in [2.05, 4.69) is 20.9 Å². The molecule has 0 amide bonds. The number of nitrogens with zero attached hydrogens (tertiary/aromatic N) is 1. The number of aromatic hydroxyl groups is 1. The number of phenols is 1. The van der Waals surface area contributed by atoms with Gasteiger partial charge >= 0.3 is 0 Å². The molecule has 3 nitrogen and oxygen atoms in total. The van der Waals surface area contributed by atoms with Crippen molar-refractivity contribution in [3.05, 3.63) is 28.2 Å². The Labute approximate surface area is 93.4 Å². The molecule has 0 aliphatic carbocycles. The van der Waals surface area contributed by atoms with Gasteiger partial charge in [-0.05, 0) is 28.1 Å². The largest absolute Gasteiger partial charge is 0.507 e. The van der Waals surface area contributed by atoms with Gasteiger partial charge < -0.3 is 10.8 Å². The van der Waals surface area contributed by atoms with Crippen LogP contribution in [0.5, 0.6) is 5.75 Å². The van der Waals surface area contributed by atoms with Gasteiger partial charge in [-0.15, -0.1) is 0 Å². The normalized spacial score (nSPS) is 10.4. The maximum Gasteiger partial charge on any atom is 0.161 e. The summed E-state index contributed by atoms with van der Waals surface area (Å²) >= 11 is 4.60. The van der Waals surface area contributed by atoms with Crippen LogP contribution in [0.2, 0.25) is 0 Å². The average molecular weight is 271 g/mol. The molecule has 0 bridgehead atoms. The van der Waals surface area contributed by atoms with Crippen molar-refractivity contribution in [3.8, 4) is 17.0 Å². The van der Waals surface area contributed by atoms with Crippen molar-refractivity contribution < 1.29 is 5.11 Å². The summed E-state index contributed by atoms with van der Waals surface area (Å²) in [6, 6.07) is 6.99. The number of halogens is 1. The summed E-state index contributed by atoms with van der Waals surface area (Å²) in [6.07, 6.45) is 0. The number of anilines is 1. The van der Waals surface area contributed by atoms with Gasteiger partial charge in [0.2, 0.25) is 0 Å². The first-order valence-corrected chi connectivity index (χ1v) is 5.49. The minimum atomic E-state index is 0.192. The smallest absolute Gasteiger partial charge is 0.161 e. The number of hydrogen-bond donors (Lipinski definition) is 2. The molecule has 0 aliphatic rings. The van der Waals surface area contributed by atoms with Crippen LogP contribution in [0.4, 0.5) is 5.00 Å². The Morgan fingerprint density at radius 1 is 1.36 bits per heavy atom. The van der Waals surface area contributed by atoms with Crippen molar-refractivity contribution in [1.82, 2.24) is 4.98 Å². The molecule has 2 aromatic rings. The van der Waals surface area contributed by atoms with Crippen LogP contribution in [0, 0.1) is 0 Å². The van der Waals surface area contributed by atoms with Gasteiger partial charge in [0.25, 0.3) is 0 Å². The lowest BCUT2D eigenvalue weighted by molar-refractivity contribution is 0.477. The zero-order valence-corrected chi connectivity index (χ0v) is 9.47. The van der Waals surface area contributed by atoms with E-state index in [-0.39, 0.29) is 5.75 Å². The van der Waals surface area contributed by atoms with Crippen LogP contribution in [-0.2, 0) is 0 Å². The Morgan fingerprint density at radius 3 is 2.64 bits per heavy atom. The summed E-state index contributed by atoms with van der Waals surface area (Å²) in [5.41, 5.74) is 7.04. The van der Waals surface area contributed by atoms with Crippen molar-refractivity contribution in [3.63, 3.8) is 0 Å². The van der Waals surface area contributed by atoms with Crippen LogP contribution in [0.1, 0.15) is 0 Å². The lowest BCUT2D eigenvalue weighted by atomic mass is 10.1. The van der Waals surface area contributed by atoms with E-state index in [9.17, 15) is 5.11 Å². The van der Waals surface area contributed by atoms with E-state index in [1.807, 2.05) is 6.07 Å². The van der Waals surface area contributed by atoms with Crippen molar-refractivity contribution in [2.45, 2.75) is 0 Å². The first-order valence-electron chi connectivity index (χ1n) is 3.88. The van der Waals surface area contributed by atoms with Gasteiger partial charge in [0, 0.05) is 5.56 Å². The molecule has 72 valence electrons. The maximum absolute atomic E-state index is 9.59. The Morgan fingerprint density at radius 2 is 2.07 bits per heavy atom. The van der Waals surface area contributed by atoms with Gasteiger partial charge in [0.15, 0.2) is 3.92 Å². The molecule has 1 heterocycles. The van der Waals surface area contributed by atoms with E-state index in [0.717, 1.165) is 0 Å². The zero-order valence-electron chi connectivity index (χ0n) is 7.07. The second kappa shape index (κ2) is 3.59. The summed E-state index contributed by atoms with van der Waals surface area (Å²) in [5, 5.41) is 10.2. The van der Waals surface area contributed by atoms with Crippen molar-refractivity contribution in [2.75, 3.05) is 5.73 Å². The molecule has 14 heavy (non-hydrogen) atoms. The molecule has 0 fully saturated rings. The molecule has 5 heteroatoms. The quantitative estimate of drug-likeness (QED) is 0.838. The Kier molecular flexibility index (Phi) is 2.43.